The zero-order chi connectivity index (χ0) is 42.1. The predicted octanol–water partition coefficient (Wildman–Crippen LogP) is 15.5. The fourth-order valence-corrected chi connectivity index (χ4v) is 9.54. The maximum atomic E-state index is 6.75. The summed E-state index contributed by atoms with van der Waals surface area (Å²) in [6.45, 7) is 0. The molecule has 0 saturated heterocycles. The number of furan rings is 1. The molecule has 0 amide bonds. The second-order valence-corrected chi connectivity index (χ2v) is 16.3. The lowest BCUT2D eigenvalue weighted by Gasteiger charge is -2.11. The molecule has 64 heavy (non-hydrogen) atoms. The predicted molar refractivity (Wildman–Crippen MR) is 264 cm³/mol. The molecule has 0 aliphatic heterocycles. The molecule has 0 unspecified atom stereocenters. The van der Waals surface area contributed by atoms with Gasteiger partial charge in [0.25, 0.3) is 0 Å². The van der Waals surface area contributed by atoms with Gasteiger partial charge in [0.2, 0.25) is 0 Å². The first-order valence-electron chi connectivity index (χ1n) is 21.6. The summed E-state index contributed by atoms with van der Waals surface area (Å²) >= 11 is 0. The maximum absolute atomic E-state index is 6.75. The van der Waals surface area contributed by atoms with E-state index < -0.39 is 0 Å². The summed E-state index contributed by atoms with van der Waals surface area (Å²) in [5.74, 6) is 0.688. The third kappa shape index (κ3) is 5.83. The van der Waals surface area contributed by atoms with E-state index in [-0.39, 0.29) is 0 Å². The summed E-state index contributed by atoms with van der Waals surface area (Å²) in [6, 6.07) is 76.6. The van der Waals surface area contributed by atoms with E-state index in [1.165, 1.54) is 16.3 Å². The molecule has 4 aromatic heterocycles. The lowest BCUT2D eigenvalue weighted by molar-refractivity contribution is 0.673. The third-order valence-corrected chi connectivity index (χ3v) is 12.6. The van der Waals surface area contributed by atoms with Gasteiger partial charge in [-0.2, -0.15) is 0 Å². The number of fused-ring (bicyclic) bond motifs is 10. The van der Waals surface area contributed by atoms with Crippen LogP contribution in [0.3, 0.4) is 0 Å². The van der Waals surface area contributed by atoms with Crippen LogP contribution in [-0.2, 0) is 0 Å². The van der Waals surface area contributed by atoms with Gasteiger partial charge in [-0.25, -0.2) is 15.0 Å². The van der Waals surface area contributed by atoms with E-state index in [4.69, 9.17) is 19.4 Å². The Morgan fingerprint density at radius 2 is 0.938 bits per heavy atom. The van der Waals surface area contributed by atoms with Gasteiger partial charge in [0.05, 0.1) is 33.6 Å². The third-order valence-electron chi connectivity index (χ3n) is 12.6. The molecule has 0 bridgehead atoms. The molecule has 0 spiro atoms. The highest BCUT2D eigenvalue weighted by Gasteiger charge is 2.19. The van der Waals surface area contributed by atoms with Crippen LogP contribution in [0.1, 0.15) is 0 Å². The van der Waals surface area contributed by atoms with Gasteiger partial charge in [-0.1, -0.05) is 158 Å². The van der Waals surface area contributed by atoms with Gasteiger partial charge >= 0.3 is 0 Å². The number of nitrogens with zero attached hydrogens (tertiary/aromatic N) is 4. The molecule has 0 atom stereocenters. The standard InChI is InChI=1S/C59H36N4O/c1-4-14-39(15-5-1)57-47-31-30-45-49-34-41(29-33-55(49)64-58(45)56(47)46-21-10-12-22-50(46)60-57)37-24-26-38(27-25-37)51-36-52(62-59(61-51)40-16-6-2-7-17-40)42-28-32-54-48(35-42)44-20-11-13-23-53(44)63(54)43-18-8-3-9-19-43/h1-36H. The van der Waals surface area contributed by atoms with Gasteiger partial charge in [-0.3, -0.25) is 0 Å². The van der Waals surface area contributed by atoms with Crippen LogP contribution in [0.15, 0.2) is 223 Å². The van der Waals surface area contributed by atoms with E-state index in [1.807, 2.05) is 30.3 Å². The summed E-state index contributed by atoms with van der Waals surface area (Å²) in [5, 5.41) is 7.79. The van der Waals surface area contributed by atoms with Crippen LogP contribution in [0.5, 0.6) is 0 Å². The maximum Gasteiger partial charge on any atom is 0.160 e. The fourth-order valence-electron chi connectivity index (χ4n) is 9.54. The number of hydrogen-bond acceptors (Lipinski definition) is 4. The van der Waals surface area contributed by atoms with E-state index in [0.29, 0.717) is 5.82 Å². The summed E-state index contributed by atoms with van der Waals surface area (Å²) in [6.07, 6.45) is 0. The topological polar surface area (TPSA) is 56.7 Å². The Labute approximate surface area is 368 Å². The van der Waals surface area contributed by atoms with Gasteiger partial charge in [0.1, 0.15) is 11.2 Å². The highest BCUT2D eigenvalue weighted by Crippen LogP contribution is 2.42. The highest BCUT2D eigenvalue weighted by atomic mass is 16.3. The largest absolute Gasteiger partial charge is 0.455 e. The minimum atomic E-state index is 0.688. The Morgan fingerprint density at radius 3 is 1.73 bits per heavy atom. The summed E-state index contributed by atoms with van der Waals surface area (Å²) in [5.41, 5.74) is 15.2. The van der Waals surface area contributed by atoms with Crippen molar-refractivity contribution >= 4 is 65.4 Å². The first kappa shape index (κ1) is 36.0. The van der Waals surface area contributed by atoms with E-state index in [9.17, 15) is 0 Å². The first-order chi connectivity index (χ1) is 31.7. The number of benzene rings is 9. The van der Waals surface area contributed by atoms with Gasteiger partial charge in [-0.15, -0.1) is 0 Å². The lowest BCUT2D eigenvalue weighted by Crippen LogP contribution is -1.96. The second-order valence-electron chi connectivity index (χ2n) is 16.3. The number of aromatic nitrogens is 4. The van der Waals surface area contributed by atoms with Crippen molar-refractivity contribution in [1.29, 1.82) is 0 Å². The van der Waals surface area contributed by atoms with Crippen molar-refractivity contribution in [3.05, 3.63) is 218 Å². The average Bonchev–Trinajstić information content (AvgIpc) is 3.92. The van der Waals surface area contributed by atoms with Gasteiger partial charge in [0.15, 0.2) is 5.82 Å². The summed E-state index contributed by atoms with van der Waals surface area (Å²) < 4.78 is 9.09. The molecule has 4 heterocycles. The fraction of sp³-hybridized carbons (Fsp3) is 0. The molecule has 5 heteroatoms. The zero-order valence-corrected chi connectivity index (χ0v) is 34.5. The lowest BCUT2D eigenvalue weighted by atomic mass is 9.97. The van der Waals surface area contributed by atoms with E-state index in [0.717, 1.165) is 105 Å². The van der Waals surface area contributed by atoms with Gasteiger partial charge in [-0.05, 0) is 71.8 Å². The van der Waals surface area contributed by atoms with Crippen molar-refractivity contribution in [2.75, 3.05) is 0 Å². The molecule has 0 aliphatic carbocycles. The molecule has 0 N–H and O–H groups in total. The zero-order valence-electron chi connectivity index (χ0n) is 34.5. The Morgan fingerprint density at radius 1 is 0.344 bits per heavy atom. The molecule has 13 rings (SSSR count). The van der Waals surface area contributed by atoms with Crippen LogP contribution in [-0.4, -0.2) is 19.5 Å². The molecule has 0 saturated carbocycles. The summed E-state index contributed by atoms with van der Waals surface area (Å²) in [4.78, 5) is 15.5. The van der Waals surface area contributed by atoms with Crippen LogP contribution < -0.4 is 0 Å². The van der Waals surface area contributed by atoms with E-state index in [2.05, 4.69) is 193 Å². The Bertz CT molecular complexity index is 3930. The van der Waals surface area contributed by atoms with Gasteiger partial charge < -0.3 is 8.98 Å². The van der Waals surface area contributed by atoms with Crippen LogP contribution in [0.25, 0.3) is 127 Å². The molecule has 5 nitrogen and oxygen atoms in total. The Kier molecular flexibility index (Phi) is 8.15. The molecular formula is C59H36N4O. The number of pyridine rings is 1. The van der Waals surface area contributed by atoms with Crippen LogP contribution in [0.2, 0.25) is 0 Å². The molecule has 13 aromatic rings. The van der Waals surface area contributed by atoms with Crippen molar-refractivity contribution in [3.63, 3.8) is 0 Å². The van der Waals surface area contributed by atoms with Crippen molar-refractivity contribution in [2.24, 2.45) is 0 Å². The van der Waals surface area contributed by atoms with E-state index >= 15 is 0 Å². The monoisotopic (exact) mass is 816 g/mol. The SMILES string of the molecule is c1ccc(-c2nc(-c3ccc(-c4ccc5oc6c(ccc7c(-c8ccccc8)nc8ccccc8c76)c5c4)cc3)cc(-c3ccc4c(c3)c3ccccc3n4-c3ccccc3)n2)cc1. The quantitative estimate of drug-likeness (QED) is 0.157. The van der Waals surface area contributed by atoms with Gasteiger partial charge in [0, 0.05) is 65.6 Å². The second kappa shape index (κ2) is 14.5. The van der Waals surface area contributed by atoms with Crippen LogP contribution >= 0.6 is 0 Å². The molecule has 0 aliphatic rings. The molecule has 298 valence electrons. The normalized spacial score (nSPS) is 11.8. The number of para-hydroxylation sites is 3. The smallest absolute Gasteiger partial charge is 0.160 e. The highest BCUT2D eigenvalue weighted by molar-refractivity contribution is 6.25. The van der Waals surface area contributed by atoms with Crippen LogP contribution in [0, 0.1) is 0 Å². The molecule has 0 fully saturated rings. The van der Waals surface area contributed by atoms with Crippen molar-refractivity contribution in [1.82, 2.24) is 19.5 Å². The Hall–Kier alpha value is -8.67. The Balaban J connectivity index is 0.907. The minimum Gasteiger partial charge on any atom is -0.455 e. The van der Waals surface area contributed by atoms with Crippen molar-refractivity contribution < 1.29 is 4.42 Å². The molecular weight excluding hydrogens is 781 g/mol. The number of hydrogen-bond donors (Lipinski definition) is 0. The minimum absolute atomic E-state index is 0.688. The molecule has 9 aromatic carbocycles. The first-order valence-corrected chi connectivity index (χ1v) is 21.6. The average molecular weight is 817 g/mol. The molecule has 0 radical (unpaired) electrons. The van der Waals surface area contributed by atoms with Crippen molar-refractivity contribution in [3.8, 4) is 62.0 Å². The number of rotatable bonds is 6. The van der Waals surface area contributed by atoms with E-state index in [1.54, 1.807) is 0 Å². The van der Waals surface area contributed by atoms with Crippen LogP contribution in [0.4, 0.5) is 0 Å². The summed E-state index contributed by atoms with van der Waals surface area (Å²) in [7, 11) is 0. The van der Waals surface area contributed by atoms with Crippen molar-refractivity contribution in [2.45, 2.75) is 0 Å².